The maximum absolute atomic E-state index is 14.1. The fourth-order valence-corrected chi connectivity index (χ4v) is 3.73. The van der Waals surface area contributed by atoms with Gasteiger partial charge in [-0.3, -0.25) is 9.78 Å². The van der Waals surface area contributed by atoms with Crippen LogP contribution >= 0.6 is 0 Å². The van der Waals surface area contributed by atoms with E-state index in [1.54, 1.807) is 24.4 Å². The summed E-state index contributed by atoms with van der Waals surface area (Å²) in [4.78, 5) is 29.6. The molecule has 7 nitrogen and oxygen atoms in total. The standard InChI is InChI=1S/C22H20F3N5O2/c1-32-21-15(23)10-14(11-27-21)20(31)30-19-17(13-5-7-22(24,25)8-6-13)28-12-29-18(19)16-4-2-3-9-26-16/h2-4,9-13H,5-8H2,1H3,(H,30,31). The van der Waals surface area contributed by atoms with Gasteiger partial charge in [-0.25, -0.2) is 28.1 Å². The largest absolute Gasteiger partial charge is 0.479 e. The van der Waals surface area contributed by atoms with Crippen molar-refractivity contribution in [2.24, 2.45) is 0 Å². The lowest BCUT2D eigenvalue weighted by Gasteiger charge is -2.29. The number of ether oxygens (including phenoxy) is 1. The van der Waals surface area contributed by atoms with Crippen LogP contribution in [0.1, 0.15) is 47.7 Å². The van der Waals surface area contributed by atoms with Gasteiger partial charge in [0.15, 0.2) is 5.82 Å². The smallest absolute Gasteiger partial charge is 0.257 e. The number of aromatic nitrogens is 4. The summed E-state index contributed by atoms with van der Waals surface area (Å²) >= 11 is 0. The first-order chi connectivity index (χ1) is 15.4. The van der Waals surface area contributed by atoms with Crippen LogP contribution in [0.25, 0.3) is 11.4 Å². The number of nitrogens with zero attached hydrogens (tertiary/aromatic N) is 4. The number of carbonyl (C=O) groups is 1. The average Bonchev–Trinajstić information content (AvgIpc) is 2.80. The molecular weight excluding hydrogens is 423 g/mol. The summed E-state index contributed by atoms with van der Waals surface area (Å²) in [7, 11) is 1.27. The van der Waals surface area contributed by atoms with Crippen LogP contribution in [0.5, 0.6) is 5.88 Å². The minimum atomic E-state index is -2.71. The summed E-state index contributed by atoms with van der Waals surface area (Å²) in [5, 5.41) is 2.74. The molecule has 1 fully saturated rings. The van der Waals surface area contributed by atoms with Crippen molar-refractivity contribution in [2.75, 3.05) is 12.4 Å². The zero-order valence-corrected chi connectivity index (χ0v) is 17.2. The first-order valence-corrected chi connectivity index (χ1v) is 10.0. The molecule has 0 aliphatic heterocycles. The summed E-state index contributed by atoms with van der Waals surface area (Å²) in [5.41, 5.74) is 1.50. The number of nitrogens with one attached hydrogen (secondary N) is 1. The second kappa shape index (κ2) is 8.89. The van der Waals surface area contributed by atoms with Crippen molar-refractivity contribution in [3.05, 3.63) is 60.1 Å². The summed E-state index contributed by atoms with van der Waals surface area (Å²) in [6.45, 7) is 0. The van der Waals surface area contributed by atoms with Gasteiger partial charge in [0.05, 0.1) is 29.7 Å². The topological polar surface area (TPSA) is 89.9 Å². The molecule has 166 valence electrons. The number of amides is 1. The highest BCUT2D eigenvalue weighted by Gasteiger charge is 2.37. The SMILES string of the molecule is COc1ncc(C(=O)Nc2c(-c3ccccn3)ncnc2C2CCC(F)(F)CC2)cc1F. The minimum absolute atomic E-state index is 0.0414. The van der Waals surface area contributed by atoms with E-state index in [-0.39, 0.29) is 48.7 Å². The van der Waals surface area contributed by atoms with Crippen molar-refractivity contribution >= 4 is 11.6 Å². The molecule has 1 amide bonds. The molecule has 0 atom stereocenters. The maximum atomic E-state index is 14.1. The molecule has 1 N–H and O–H groups in total. The highest BCUT2D eigenvalue weighted by atomic mass is 19.3. The van der Waals surface area contributed by atoms with Gasteiger partial charge in [0.25, 0.3) is 5.91 Å². The molecule has 10 heteroatoms. The number of hydrogen-bond acceptors (Lipinski definition) is 6. The van der Waals surface area contributed by atoms with Gasteiger partial charge < -0.3 is 10.1 Å². The van der Waals surface area contributed by atoms with Crippen LogP contribution in [0.3, 0.4) is 0 Å². The van der Waals surface area contributed by atoms with Gasteiger partial charge >= 0.3 is 0 Å². The van der Waals surface area contributed by atoms with E-state index in [2.05, 4.69) is 25.3 Å². The third-order valence-electron chi connectivity index (χ3n) is 5.39. The van der Waals surface area contributed by atoms with Gasteiger partial charge in [-0.15, -0.1) is 0 Å². The molecule has 0 saturated heterocycles. The molecule has 0 radical (unpaired) electrons. The van der Waals surface area contributed by atoms with Gasteiger partial charge in [-0.2, -0.15) is 0 Å². The van der Waals surface area contributed by atoms with Crippen molar-refractivity contribution in [1.82, 2.24) is 19.9 Å². The molecule has 32 heavy (non-hydrogen) atoms. The van der Waals surface area contributed by atoms with Crippen LogP contribution in [0, 0.1) is 5.82 Å². The molecule has 3 heterocycles. The van der Waals surface area contributed by atoms with Gasteiger partial charge in [-0.05, 0) is 31.0 Å². The molecule has 1 aliphatic rings. The van der Waals surface area contributed by atoms with E-state index in [9.17, 15) is 18.0 Å². The van der Waals surface area contributed by atoms with E-state index in [0.29, 0.717) is 17.1 Å². The predicted octanol–water partition coefficient (Wildman–Crippen LogP) is 4.63. The zero-order chi connectivity index (χ0) is 22.7. The van der Waals surface area contributed by atoms with Gasteiger partial charge in [0, 0.05) is 31.2 Å². The third kappa shape index (κ3) is 4.53. The van der Waals surface area contributed by atoms with Crippen LogP contribution in [-0.2, 0) is 0 Å². The second-order valence-electron chi connectivity index (χ2n) is 7.50. The van der Waals surface area contributed by atoms with Gasteiger partial charge in [0.2, 0.25) is 11.8 Å². The lowest BCUT2D eigenvalue weighted by Crippen LogP contribution is -2.25. The van der Waals surface area contributed by atoms with Crippen molar-refractivity contribution < 1.29 is 22.7 Å². The first-order valence-electron chi connectivity index (χ1n) is 10.0. The summed E-state index contributed by atoms with van der Waals surface area (Å²) < 4.78 is 46.3. The van der Waals surface area contributed by atoms with E-state index in [0.717, 1.165) is 6.07 Å². The molecule has 1 aliphatic carbocycles. The summed E-state index contributed by atoms with van der Waals surface area (Å²) in [6.07, 6.45) is 4.00. The Balaban J connectivity index is 1.73. The number of halogens is 3. The third-order valence-corrected chi connectivity index (χ3v) is 5.39. The maximum Gasteiger partial charge on any atom is 0.257 e. The van der Waals surface area contributed by atoms with Crippen molar-refractivity contribution in [2.45, 2.75) is 37.5 Å². The number of rotatable bonds is 5. The number of carbonyl (C=O) groups excluding carboxylic acids is 1. The second-order valence-corrected chi connectivity index (χ2v) is 7.50. The molecule has 0 unspecified atom stereocenters. The average molecular weight is 443 g/mol. The van der Waals surface area contributed by atoms with E-state index in [1.807, 2.05) is 0 Å². The Kier molecular flexibility index (Phi) is 6.02. The molecule has 3 aromatic heterocycles. The molecule has 3 aromatic rings. The van der Waals surface area contributed by atoms with E-state index in [1.165, 1.54) is 19.6 Å². The number of anilines is 1. The molecule has 0 bridgehead atoms. The molecule has 4 rings (SSSR count). The zero-order valence-electron chi connectivity index (χ0n) is 17.2. The predicted molar refractivity (Wildman–Crippen MR) is 110 cm³/mol. The monoisotopic (exact) mass is 443 g/mol. The Morgan fingerprint density at radius 1 is 1.16 bits per heavy atom. The molecule has 0 aromatic carbocycles. The fraction of sp³-hybridized carbons (Fsp3) is 0.318. The van der Waals surface area contributed by atoms with Crippen molar-refractivity contribution in [3.8, 4) is 17.3 Å². The normalized spacial score (nSPS) is 15.9. The van der Waals surface area contributed by atoms with Crippen LogP contribution in [0.15, 0.2) is 43.0 Å². The highest BCUT2D eigenvalue weighted by molar-refractivity contribution is 6.06. The van der Waals surface area contributed by atoms with Gasteiger partial charge in [-0.1, -0.05) is 6.07 Å². The van der Waals surface area contributed by atoms with Crippen molar-refractivity contribution in [1.29, 1.82) is 0 Å². The van der Waals surface area contributed by atoms with Crippen molar-refractivity contribution in [3.63, 3.8) is 0 Å². The number of hydrogen-bond donors (Lipinski definition) is 1. The van der Waals surface area contributed by atoms with Crippen LogP contribution in [0.4, 0.5) is 18.9 Å². The number of pyridine rings is 2. The van der Waals surface area contributed by atoms with E-state index < -0.39 is 17.6 Å². The molecule has 1 saturated carbocycles. The van der Waals surface area contributed by atoms with E-state index >= 15 is 0 Å². The Morgan fingerprint density at radius 2 is 1.94 bits per heavy atom. The Bertz CT molecular complexity index is 1120. The summed E-state index contributed by atoms with van der Waals surface area (Å²) in [6, 6.07) is 6.22. The summed E-state index contributed by atoms with van der Waals surface area (Å²) in [5.74, 6) is -4.66. The van der Waals surface area contributed by atoms with Crippen LogP contribution in [0.2, 0.25) is 0 Å². The fourth-order valence-electron chi connectivity index (χ4n) is 3.73. The van der Waals surface area contributed by atoms with Crippen LogP contribution in [-0.4, -0.2) is 38.9 Å². The number of methoxy groups -OCH3 is 1. The van der Waals surface area contributed by atoms with Gasteiger partial charge in [0.1, 0.15) is 12.0 Å². The van der Waals surface area contributed by atoms with Crippen LogP contribution < -0.4 is 10.1 Å². The minimum Gasteiger partial charge on any atom is -0.479 e. The molecule has 0 spiro atoms. The van der Waals surface area contributed by atoms with E-state index in [4.69, 9.17) is 4.74 Å². The Hall–Kier alpha value is -3.56. The number of alkyl halides is 2. The Labute approximate surface area is 182 Å². The Morgan fingerprint density at radius 3 is 2.59 bits per heavy atom. The lowest BCUT2D eigenvalue weighted by atomic mass is 9.83. The lowest BCUT2D eigenvalue weighted by molar-refractivity contribution is -0.0384. The molecular formula is C22H20F3N5O2. The highest BCUT2D eigenvalue weighted by Crippen LogP contribution is 2.43. The first kappa shape index (κ1) is 21.7. The quantitative estimate of drug-likeness (QED) is 0.619.